The summed E-state index contributed by atoms with van der Waals surface area (Å²) in [7, 11) is 0. The molecule has 36 heavy (non-hydrogen) atoms. The number of anilines is 1. The van der Waals surface area contributed by atoms with Gasteiger partial charge in [0, 0.05) is 29.1 Å². The van der Waals surface area contributed by atoms with Gasteiger partial charge in [-0.2, -0.15) is 0 Å². The van der Waals surface area contributed by atoms with Crippen molar-refractivity contribution < 1.29 is 14.0 Å². The molecule has 3 aromatic heterocycles. The Balaban J connectivity index is 1.47. The molecule has 0 radical (unpaired) electrons. The van der Waals surface area contributed by atoms with Crippen LogP contribution in [0.15, 0.2) is 51.0 Å². The summed E-state index contributed by atoms with van der Waals surface area (Å²) in [6.07, 6.45) is 2.17. The Labute approximate surface area is 220 Å². The molecule has 1 aliphatic rings. The van der Waals surface area contributed by atoms with E-state index in [-0.39, 0.29) is 29.7 Å². The lowest BCUT2D eigenvalue weighted by Gasteiger charge is -2.25. The largest absolute Gasteiger partial charge is 0.467 e. The number of rotatable bonds is 6. The number of halogens is 1. The van der Waals surface area contributed by atoms with Crippen molar-refractivity contribution in [3.8, 4) is 0 Å². The number of thiophene rings is 1. The van der Waals surface area contributed by atoms with Crippen LogP contribution in [0.4, 0.5) is 5.69 Å². The molecule has 0 saturated heterocycles. The van der Waals surface area contributed by atoms with Crippen LogP contribution in [0.5, 0.6) is 0 Å². The van der Waals surface area contributed by atoms with E-state index in [0.717, 1.165) is 16.0 Å². The molecule has 0 aliphatic carbocycles. The van der Waals surface area contributed by atoms with Gasteiger partial charge in [0.1, 0.15) is 10.6 Å². The molecule has 0 bridgehead atoms. The van der Waals surface area contributed by atoms with E-state index in [2.05, 4.69) is 5.32 Å². The second-order valence-corrected chi connectivity index (χ2v) is 11.0. The van der Waals surface area contributed by atoms with Gasteiger partial charge in [-0.05, 0) is 48.7 Å². The second kappa shape index (κ2) is 10.1. The molecule has 1 aliphatic heterocycles. The molecule has 8 nitrogen and oxygen atoms in total. The number of fused-ring (bicyclic) bond motifs is 3. The number of hydrogen-bond donors (Lipinski definition) is 1. The predicted octanol–water partition coefficient (Wildman–Crippen LogP) is 4.70. The number of carbonyl (C=O) groups excluding carboxylic acids is 2. The number of nitrogens with one attached hydrogen (secondary N) is 1. The van der Waals surface area contributed by atoms with Crippen molar-refractivity contribution >= 4 is 62.4 Å². The SMILES string of the molecule is CC(=O)N1CCc2c(sc3nc(SCC(=O)Nc4cc(Cl)ccc4C)n(Cc4ccco4)c(=O)c23)C1. The van der Waals surface area contributed by atoms with Crippen LogP contribution >= 0.6 is 34.7 Å². The average molecular weight is 543 g/mol. The lowest BCUT2D eigenvalue weighted by atomic mass is 10.1. The first-order valence-electron chi connectivity index (χ1n) is 11.3. The summed E-state index contributed by atoms with van der Waals surface area (Å²) in [5, 5.41) is 4.44. The zero-order valence-electron chi connectivity index (χ0n) is 19.7. The highest BCUT2D eigenvalue weighted by molar-refractivity contribution is 7.99. The third kappa shape index (κ3) is 4.93. The summed E-state index contributed by atoms with van der Waals surface area (Å²) >= 11 is 8.70. The van der Waals surface area contributed by atoms with E-state index in [9.17, 15) is 14.4 Å². The molecule has 5 rings (SSSR count). The molecule has 11 heteroatoms. The number of nitrogens with zero attached hydrogens (tertiary/aromatic N) is 3. The van der Waals surface area contributed by atoms with Crippen molar-refractivity contribution in [2.75, 3.05) is 17.6 Å². The van der Waals surface area contributed by atoms with E-state index in [1.165, 1.54) is 23.1 Å². The number of furan rings is 1. The molecule has 0 saturated carbocycles. The van der Waals surface area contributed by atoms with Crippen molar-refractivity contribution in [1.82, 2.24) is 14.5 Å². The van der Waals surface area contributed by atoms with E-state index in [0.29, 0.717) is 51.4 Å². The van der Waals surface area contributed by atoms with Crippen LogP contribution in [0, 0.1) is 6.92 Å². The minimum atomic E-state index is -0.230. The fourth-order valence-electron chi connectivity index (χ4n) is 4.18. The average Bonchev–Trinajstić information content (AvgIpc) is 3.49. The number of thioether (sulfide) groups is 1. The second-order valence-electron chi connectivity index (χ2n) is 8.54. The smallest absolute Gasteiger partial charge is 0.263 e. The topological polar surface area (TPSA) is 97.4 Å². The maximum absolute atomic E-state index is 13.7. The molecule has 4 heterocycles. The van der Waals surface area contributed by atoms with Gasteiger partial charge in [-0.3, -0.25) is 19.0 Å². The van der Waals surface area contributed by atoms with Gasteiger partial charge in [-0.15, -0.1) is 11.3 Å². The van der Waals surface area contributed by atoms with Crippen molar-refractivity contribution in [1.29, 1.82) is 0 Å². The van der Waals surface area contributed by atoms with Crippen LogP contribution in [-0.2, 0) is 29.1 Å². The van der Waals surface area contributed by atoms with Gasteiger partial charge in [0.15, 0.2) is 5.16 Å². The first-order valence-corrected chi connectivity index (χ1v) is 13.5. The van der Waals surface area contributed by atoms with Gasteiger partial charge >= 0.3 is 0 Å². The molecule has 0 atom stereocenters. The Morgan fingerprint density at radius 3 is 2.89 bits per heavy atom. The number of aryl methyl sites for hydroxylation is 1. The third-order valence-corrected chi connectivity index (χ3v) is 8.39. The molecule has 1 N–H and O–H groups in total. The van der Waals surface area contributed by atoms with Crippen molar-refractivity contribution in [3.63, 3.8) is 0 Å². The van der Waals surface area contributed by atoms with Crippen LogP contribution < -0.4 is 10.9 Å². The minimum Gasteiger partial charge on any atom is -0.467 e. The number of hydrogen-bond acceptors (Lipinski definition) is 7. The molecule has 2 amide bonds. The van der Waals surface area contributed by atoms with Crippen LogP contribution in [0.3, 0.4) is 0 Å². The van der Waals surface area contributed by atoms with Gasteiger partial charge in [-0.1, -0.05) is 29.4 Å². The summed E-state index contributed by atoms with van der Waals surface area (Å²) in [6.45, 7) is 4.70. The molecule has 4 aromatic rings. The zero-order valence-corrected chi connectivity index (χ0v) is 22.1. The van der Waals surface area contributed by atoms with Crippen LogP contribution in [-0.4, -0.2) is 38.6 Å². The molecule has 0 spiro atoms. The van der Waals surface area contributed by atoms with Crippen LogP contribution in [0.25, 0.3) is 10.2 Å². The summed E-state index contributed by atoms with van der Waals surface area (Å²) < 4.78 is 7.06. The highest BCUT2D eigenvalue weighted by Crippen LogP contribution is 2.34. The van der Waals surface area contributed by atoms with Crippen molar-refractivity contribution in [2.24, 2.45) is 0 Å². The quantitative estimate of drug-likeness (QED) is 0.280. The van der Waals surface area contributed by atoms with Crippen molar-refractivity contribution in [3.05, 3.63) is 73.7 Å². The monoisotopic (exact) mass is 542 g/mol. The molecule has 1 aromatic carbocycles. The van der Waals surface area contributed by atoms with E-state index >= 15 is 0 Å². The van der Waals surface area contributed by atoms with Crippen LogP contribution in [0.2, 0.25) is 5.02 Å². The van der Waals surface area contributed by atoms with Gasteiger partial charge in [0.05, 0.1) is 30.5 Å². The normalized spacial score (nSPS) is 13.1. The highest BCUT2D eigenvalue weighted by Gasteiger charge is 2.26. The van der Waals surface area contributed by atoms with Gasteiger partial charge in [0.2, 0.25) is 11.8 Å². The lowest BCUT2D eigenvalue weighted by molar-refractivity contribution is -0.129. The lowest BCUT2D eigenvalue weighted by Crippen LogP contribution is -2.34. The van der Waals surface area contributed by atoms with Gasteiger partial charge < -0.3 is 14.6 Å². The van der Waals surface area contributed by atoms with Crippen LogP contribution in [0.1, 0.15) is 28.7 Å². The summed E-state index contributed by atoms with van der Waals surface area (Å²) in [5.41, 5.74) is 2.34. The standard InChI is InChI=1S/C25H23ClN4O4S2/c1-14-5-6-16(26)10-19(14)27-21(32)13-35-25-28-23-22(24(33)30(25)11-17-4-3-9-34-17)18-7-8-29(15(2)31)12-20(18)36-23/h3-6,9-10H,7-8,11-13H2,1-2H3,(H,27,32). The molecular formula is C25H23ClN4O4S2. The fourth-order valence-corrected chi connectivity index (χ4v) is 6.43. The Hall–Kier alpha value is -3.08. The number of amides is 2. The first-order chi connectivity index (χ1) is 17.3. The zero-order chi connectivity index (χ0) is 25.4. The van der Waals surface area contributed by atoms with Gasteiger partial charge in [-0.25, -0.2) is 4.98 Å². The number of carbonyl (C=O) groups is 2. The Morgan fingerprint density at radius 1 is 1.31 bits per heavy atom. The van der Waals surface area contributed by atoms with Gasteiger partial charge in [0.25, 0.3) is 5.56 Å². The third-order valence-electron chi connectivity index (χ3n) is 6.07. The number of aromatic nitrogens is 2. The van der Waals surface area contributed by atoms with Crippen molar-refractivity contribution in [2.45, 2.75) is 38.5 Å². The Morgan fingerprint density at radius 2 is 2.14 bits per heavy atom. The van der Waals surface area contributed by atoms with E-state index < -0.39 is 0 Å². The molecular weight excluding hydrogens is 520 g/mol. The Bertz CT molecular complexity index is 1530. The maximum Gasteiger partial charge on any atom is 0.263 e. The molecule has 186 valence electrons. The maximum atomic E-state index is 13.7. The minimum absolute atomic E-state index is 0.0125. The summed E-state index contributed by atoms with van der Waals surface area (Å²) in [5.74, 6) is 0.460. The number of benzene rings is 1. The van der Waals surface area contributed by atoms with E-state index in [4.69, 9.17) is 21.0 Å². The van der Waals surface area contributed by atoms with E-state index in [1.54, 1.807) is 46.9 Å². The molecule has 0 fully saturated rings. The highest BCUT2D eigenvalue weighted by atomic mass is 35.5. The first kappa shape index (κ1) is 24.6. The fraction of sp³-hybridized carbons (Fsp3) is 0.280. The van der Waals surface area contributed by atoms with E-state index in [1.807, 2.05) is 13.0 Å². The molecule has 0 unspecified atom stereocenters. The Kier molecular flexibility index (Phi) is 6.92. The predicted molar refractivity (Wildman–Crippen MR) is 142 cm³/mol. The summed E-state index contributed by atoms with van der Waals surface area (Å²) in [6, 6.07) is 8.88. The summed E-state index contributed by atoms with van der Waals surface area (Å²) in [4.78, 5) is 46.5.